The van der Waals surface area contributed by atoms with Gasteiger partial charge in [0, 0.05) is 6.61 Å². The molecule has 3 unspecified atom stereocenters. The van der Waals surface area contributed by atoms with Gasteiger partial charge in [0.1, 0.15) is 0 Å². The van der Waals surface area contributed by atoms with Gasteiger partial charge >= 0.3 is 0 Å². The van der Waals surface area contributed by atoms with Crippen molar-refractivity contribution in [1.82, 2.24) is 0 Å². The summed E-state index contributed by atoms with van der Waals surface area (Å²) >= 11 is 0. The third kappa shape index (κ3) is 5.35. The predicted molar refractivity (Wildman–Crippen MR) is 159 cm³/mol. The molecular weight excluding hydrogens is 468 g/mol. The Labute approximate surface area is 234 Å². The summed E-state index contributed by atoms with van der Waals surface area (Å²) in [5.41, 5.74) is 3.47. The van der Waals surface area contributed by atoms with E-state index >= 15 is 0 Å². The lowest BCUT2D eigenvalue weighted by Gasteiger charge is -2.69. The van der Waals surface area contributed by atoms with Crippen molar-refractivity contribution in [3.05, 3.63) is 23.8 Å². The van der Waals surface area contributed by atoms with E-state index in [1.54, 1.807) is 0 Å². The number of fused-ring (bicyclic) bond motifs is 5. The second-order valence-electron chi connectivity index (χ2n) is 15.1. The second-order valence-corrected chi connectivity index (χ2v) is 15.1. The normalized spacial score (nSPS) is 48.0. The molecule has 5 rings (SSSR count). The number of aliphatic hydroxyl groups is 2. The molecular formula is C35H60O3. The SMILES string of the molecule is C=C(CCC=C(C)C)[C@H]1CC[C@]2(C)[C@@H]1[C@H](O)CC1[C@@]3(C)CC[C@H](O)C(C)C3CC[C@]12C.C[C@@H]1CCCCO1. The first-order valence-corrected chi connectivity index (χ1v) is 16.1. The minimum atomic E-state index is -0.214. The third-order valence-electron chi connectivity index (χ3n) is 12.9. The fourth-order valence-electron chi connectivity index (χ4n) is 10.5. The topological polar surface area (TPSA) is 49.7 Å². The predicted octanol–water partition coefficient (Wildman–Crippen LogP) is 8.49. The molecule has 4 aliphatic carbocycles. The molecule has 11 atom stereocenters. The lowest BCUT2D eigenvalue weighted by molar-refractivity contribution is -0.225. The van der Waals surface area contributed by atoms with Gasteiger partial charge in [0.25, 0.3) is 0 Å². The Morgan fingerprint density at radius 3 is 2.24 bits per heavy atom. The van der Waals surface area contributed by atoms with E-state index in [0.717, 1.165) is 38.7 Å². The van der Waals surface area contributed by atoms with Crippen molar-refractivity contribution in [1.29, 1.82) is 0 Å². The van der Waals surface area contributed by atoms with Crippen molar-refractivity contribution in [2.24, 2.45) is 45.8 Å². The van der Waals surface area contributed by atoms with E-state index in [9.17, 15) is 10.2 Å². The zero-order valence-electron chi connectivity index (χ0n) is 25.9. The van der Waals surface area contributed by atoms with Crippen LogP contribution in [0.5, 0.6) is 0 Å². The minimum absolute atomic E-state index is 0.140. The summed E-state index contributed by atoms with van der Waals surface area (Å²) in [5.74, 6) is 2.37. The monoisotopic (exact) mass is 528 g/mol. The van der Waals surface area contributed by atoms with Crippen LogP contribution in [0.15, 0.2) is 23.8 Å². The summed E-state index contributed by atoms with van der Waals surface area (Å²) in [5, 5.41) is 22.2. The van der Waals surface area contributed by atoms with Crippen LogP contribution in [0.1, 0.15) is 126 Å². The largest absolute Gasteiger partial charge is 0.393 e. The van der Waals surface area contributed by atoms with Gasteiger partial charge in [-0.05, 0) is 144 Å². The lowest BCUT2D eigenvalue weighted by atomic mass is 9.36. The van der Waals surface area contributed by atoms with Gasteiger partial charge in [-0.15, -0.1) is 0 Å². The smallest absolute Gasteiger partial charge is 0.0582 e. The zero-order chi connectivity index (χ0) is 27.9. The quantitative estimate of drug-likeness (QED) is 0.360. The van der Waals surface area contributed by atoms with Gasteiger partial charge in [-0.3, -0.25) is 0 Å². The summed E-state index contributed by atoms with van der Waals surface area (Å²) in [4.78, 5) is 0. The molecule has 0 aromatic heterocycles. The van der Waals surface area contributed by atoms with Crippen LogP contribution >= 0.6 is 0 Å². The summed E-state index contributed by atoms with van der Waals surface area (Å²) in [6, 6.07) is 0. The van der Waals surface area contributed by atoms with Gasteiger partial charge in [0.15, 0.2) is 0 Å². The summed E-state index contributed by atoms with van der Waals surface area (Å²) in [6.07, 6.45) is 16.5. The van der Waals surface area contributed by atoms with E-state index in [1.807, 2.05) is 0 Å². The Morgan fingerprint density at radius 2 is 1.63 bits per heavy atom. The van der Waals surface area contributed by atoms with Crippen LogP contribution in [0, 0.1) is 45.8 Å². The van der Waals surface area contributed by atoms with Crippen LogP contribution in [-0.4, -0.2) is 35.1 Å². The van der Waals surface area contributed by atoms with Crippen LogP contribution in [0.4, 0.5) is 0 Å². The lowest BCUT2D eigenvalue weighted by Crippen LogP contribution is -2.64. The van der Waals surface area contributed by atoms with Crippen LogP contribution < -0.4 is 0 Å². The molecule has 5 aliphatic rings. The van der Waals surface area contributed by atoms with Gasteiger partial charge < -0.3 is 14.9 Å². The molecule has 2 N–H and O–H groups in total. The summed E-state index contributed by atoms with van der Waals surface area (Å²) in [7, 11) is 0. The van der Waals surface area contributed by atoms with E-state index in [4.69, 9.17) is 4.74 Å². The highest BCUT2D eigenvalue weighted by Gasteiger charge is 2.69. The van der Waals surface area contributed by atoms with Gasteiger partial charge in [-0.1, -0.05) is 51.5 Å². The number of aliphatic hydroxyl groups excluding tert-OH is 2. The Hall–Kier alpha value is -0.640. The van der Waals surface area contributed by atoms with Gasteiger partial charge in [0.05, 0.1) is 18.3 Å². The molecule has 0 aromatic rings. The van der Waals surface area contributed by atoms with Crippen molar-refractivity contribution >= 4 is 0 Å². The molecule has 38 heavy (non-hydrogen) atoms. The molecule has 1 aliphatic heterocycles. The van der Waals surface area contributed by atoms with Crippen LogP contribution in [0.25, 0.3) is 0 Å². The Balaban J connectivity index is 0.000000417. The van der Waals surface area contributed by atoms with Crippen molar-refractivity contribution in [3.8, 4) is 0 Å². The fourth-order valence-corrected chi connectivity index (χ4v) is 10.5. The number of allylic oxidation sites excluding steroid dienone is 3. The molecule has 0 bridgehead atoms. The number of rotatable bonds is 4. The molecule has 0 aromatic carbocycles. The average molecular weight is 529 g/mol. The average Bonchev–Trinajstić information content (AvgIpc) is 3.24. The van der Waals surface area contributed by atoms with E-state index in [1.165, 1.54) is 56.1 Å². The first-order chi connectivity index (χ1) is 17.8. The Kier molecular flexibility index (Phi) is 9.33. The van der Waals surface area contributed by atoms with Crippen LogP contribution in [0.2, 0.25) is 0 Å². The molecule has 218 valence electrons. The van der Waals surface area contributed by atoms with Crippen LogP contribution in [-0.2, 0) is 4.74 Å². The van der Waals surface area contributed by atoms with Gasteiger partial charge in [0.2, 0.25) is 0 Å². The summed E-state index contributed by atoms with van der Waals surface area (Å²) in [6.45, 7) is 21.9. The van der Waals surface area contributed by atoms with Crippen LogP contribution in [0.3, 0.4) is 0 Å². The molecule has 5 fully saturated rings. The number of hydrogen-bond donors (Lipinski definition) is 2. The van der Waals surface area contributed by atoms with Crippen molar-refractivity contribution in [2.75, 3.05) is 6.61 Å². The maximum atomic E-state index is 11.7. The molecule has 1 saturated heterocycles. The standard InChI is InChI=1S/C29H48O2.C6H12O/c1-18(2)9-8-10-19(3)21-11-15-29(7)26(21)24(31)17-25-27(5)14-13-23(30)20(4)22(27)12-16-28(25,29)6;1-6-4-2-3-5-7-6/h9,20-26,30-31H,3,8,10-17H2,1-2,4-7H3;6H,2-5H2,1H3/t20?,21-,22?,23+,24-,25?,26+,27+,28-,29-;6-/m11/s1. The van der Waals surface area contributed by atoms with E-state index in [2.05, 4.69) is 61.1 Å². The highest BCUT2D eigenvalue weighted by Crippen LogP contribution is 2.74. The first-order valence-electron chi connectivity index (χ1n) is 16.1. The molecule has 1 heterocycles. The third-order valence-corrected chi connectivity index (χ3v) is 12.9. The molecule has 4 saturated carbocycles. The number of hydrogen-bond acceptors (Lipinski definition) is 3. The highest BCUT2D eigenvalue weighted by molar-refractivity contribution is 5.21. The Bertz CT molecular complexity index is 853. The van der Waals surface area contributed by atoms with Crippen molar-refractivity contribution < 1.29 is 14.9 Å². The second kappa shape index (κ2) is 11.7. The Morgan fingerprint density at radius 1 is 0.921 bits per heavy atom. The maximum absolute atomic E-state index is 11.7. The zero-order valence-corrected chi connectivity index (χ0v) is 25.9. The molecule has 0 spiro atoms. The first kappa shape index (κ1) is 30.3. The molecule has 0 amide bonds. The molecule has 3 nitrogen and oxygen atoms in total. The fraction of sp³-hybridized carbons (Fsp3) is 0.886. The number of ether oxygens (including phenoxy) is 1. The van der Waals surface area contributed by atoms with Crippen molar-refractivity contribution in [3.63, 3.8) is 0 Å². The van der Waals surface area contributed by atoms with Gasteiger partial charge in [-0.2, -0.15) is 0 Å². The molecule has 0 radical (unpaired) electrons. The maximum Gasteiger partial charge on any atom is 0.0582 e. The van der Waals surface area contributed by atoms with Crippen molar-refractivity contribution in [2.45, 2.75) is 144 Å². The van der Waals surface area contributed by atoms with E-state index in [-0.39, 0.29) is 28.5 Å². The van der Waals surface area contributed by atoms with E-state index < -0.39 is 0 Å². The minimum Gasteiger partial charge on any atom is -0.393 e. The molecule has 3 heteroatoms. The summed E-state index contributed by atoms with van der Waals surface area (Å²) < 4.78 is 5.28. The van der Waals surface area contributed by atoms with Gasteiger partial charge in [-0.25, -0.2) is 0 Å². The van der Waals surface area contributed by atoms with E-state index in [0.29, 0.717) is 35.7 Å². The highest BCUT2D eigenvalue weighted by atomic mass is 16.5.